The topological polar surface area (TPSA) is 84.5 Å². The van der Waals surface area contributed by atoms with E-state index in [-0.39, 0.29) is 5.91 Å². The number of thiophene rings is 1. The molecule has 0 radical (unpaired) electrons. The number of carbonyl (C=O) groups excluding carboxylic acids is 1. The Kier molecular flexibility index (Phi) is 6.61. The summed E-state index contributed by atoms with van der Waals surface area (Å²) in [4.78, 5) is 19.0. The van der Waals surface area contributed by atoms with E-state index in [1.807, 2.05) is 65.2 Å². The molecule has 0 aliphatic rings. The summed E-state index contributed by atoms with van der Waals surface area (Å²) in [6.07, 6.45) is 1.91. The second kappa shape index (κ2) is 10.1. The Bertz CT molecular complexity index is 1470. The molecule has 176 valence electrons. The maximum atomic E-state index is 12.9. The van der Waals surface area contributed by atoms with Gasteiger partial charge in [-0.15, -0.1) is 11.3 Å². The molecule has 35 heavy (non-hydrogen) atoms. The first-order chi connectivity index (χ1) is 17.1. The van der Waals surface area contributed by atoms with Crippen LogP contribution in [0.1, 0.15) is 32.6 Å². The number of nitrogens with one attached hydrogen (secondary N) is 2. The number of aromatic nitrogens is 2. The van der Waals surface area contributed by atoms with E-state index in [1.54, 1.807) is 11.3 Å². The molecule has 0 bridgehead atoms. The first-order valence-electron chi connectivity index (χ1n) is 11.5. The van der Waals surface area contributed by atoms with Gasteiger partial charge in [-0.25, -0.2) is 4.98 Å². The summed E-state index contributed by atoms with van der Waals surface area (Å²) in [6.45, 7) is 3.69. The lowest BCUT2D eigenvalue weighted by molar-refractivity contribution is 0.0951. The molecule has 3 heterocycles. The Labute approximate surface area is 208 Å². The molecule has 0 aliphatic heterocycles. The number of benzene rings is 2. The molecule has 2 aromatic carbocycles. The molecule has 0 saturated carbocycles. The Hall–Kier alpha value is -3.94. The SMILES string of the molecule is Cc1ccsc1-c1nc2cc(C(=O)NCc3cccc(CN)c3)ccn2c1NCc1ccccc1. The van der Waals surface area contributed by atoms with E-state index in [2.05, 4.69) is 41.1 Å². The summed E-state index contributed by atoms with van der Waals surface area (Å²) in [5.41, 5.74) is 12.3. The van der Waals surface area contributed by atoms with Gasteiger partial charge in [-0.3, -0.25) is 9.20 Å². The summed E-state index contributed by atoms with van der Waals surface area (Å²) in [6, 6.07) is 24.0. The van der Waals surface area contributed by atoms with Crippen LogP contribution in [0.25, 0.3) is 16.2 Å². The van der Waals surface area contributed by atoms with Crippen LogP contribution in [0.3, 0.4) is 0 Å². The number of carbonyl (C=O) groups is 1. The largest absolute Gasteiger partial charge is 0.365 e. The van der Waals surface area contributed by atoms with Crippen molar-refractivity contribution in [2.24, 2.45) is 5.73 Å². The number of hydrogen-bond acceptors (Lipinski definition) is 5. The average Bonchev–Trinajstić information content (AvgIpc) is 3.48. The van der Waals surface area contributed by atoms with E-state index in [1.165, 1.54) is 11.1 Å². The van der Waals surface area contributed by atoms with Crippen LogP contribution in [0, 0.1) is 6.92 Å². The molecular weight excluding hydrogens is 454 g/mol. The average molecular weight is 482 g/mol. The van der Waals surface area contributed by atoms with Gasteiger partial charge in [0, 0.05) is 31.4 Å². The highest BCUT2D eigenvalue weighted by Crippen LogP contribution is 2.35. The van der Waals surface area contributed by atoms with Crippen molar-refractivity contribution >= 4 is 28.7 Å². The van der Waals surface area contributed by atoms with Gasteiger partial charge in [-0.2, -0.15) is 0 Å². The van der Waals surface area contributed by atoms with Crippen molar-refractivity contribution in [1.82, 2.24) is 14.7 Å². The fourth-order valence-electron chi connectivity index (χ4n) is 4.06. The lowest BCUT2D eigenvalue weighted by atomic mass is 10.1. The number of nitrogens with zero attached hydrogens (tertiary/aromatic N) is 2. The summed E-state index contributed by atoms with van der Waals surface area (Å²) in [7, 11) is 0. The zero-order valence-electron chi connectivity index (χ0n) is 19.5. The number of nitrogens with two attached hydrogens (primary N) is 1. The number of rotatable bonds is 8. The predicted octanol–water partition coefficient (Wildman–Crippen LogP) is 5.37. The second-order valence-electron chi connectivity index (χ2n) is 8.43. The van der Waals surface area contributed by atoms with Gasteiger partial charge in [0.1, 0.15) is 17.2 Å². The van der Waals surface area contributed by atoms with Crippen molar-refractivity contribution in [3.8, 4) is 10.6 Å². The van der Waals surface area contributed by atoms with Crippen LogP contribution in [0.15, 0.2) is 84.4 Å². The fourth-order valence-corrected chi connectivity index (χ4v) is 4.98. The molecular formula is C28H27N5OS. The quantitative estimate of drug-likeness (QED) is 0.278. The van der Waals surface area contributed by atoms with Crippen molar-refractivity contribution in [1.29, 1.82) is 0 Å². The smallest absolute Gasteiger partial charge is 0.251 e. The summed E-state index contributed by atoms with van der Waals surface area (Å²) < 4.78 is 2.01. The minimum Gasteiger partial charge on any atom is -0.365 e. The van der Waals surface area contributed by atoms with E-state index < -0.39 is 0 Å². The molecule has 6 nitrogen and oxygen atoms in total. The van der Waals surface area contributed by atoms with Gasteiger partial charge >= 0.3 is 0 Å². The Morgan fingerprint density at radius 2 is 1.77 bits per heavy atom. The number of imidazole rings is 1. The van der Waals surface area contributed by atoms with Gasteiger partial charge in [0.15, 0.2) is 0 Å². The van der Waals surface area contributed by atoms with E-state index in [4.69, 9.17) is 10.7 Å². The van der Waals surface area contributed by atoms with Gasteiger partial charge in [-0.1, -0.05) is 54.6 Å². The zero-order chi connectivity index (χ0) is 24.2. The third-order valence-corrected chi connectivity index (χ3v) is 6.97. The van der Waals surface area contributed by atoms with Crippen molar-refractivity contribution in [3.63, 3.8) is 0 Å². The van der Waals surface area contributed by atoms with Crippen LogP contribution < -0.4 is 16.4 Å². The highest BCUT2D eigenvalue weighted by molar-refractivity contribution is 7.13. The van der Waals surface area contributed by atoms with Crippen molar-refractivity contribution < 1.29 is 4.79 Å². The van der Waals surface area contributed by atoms with Crippen LogP contribution in [0.4, 0.5) is 5.82 Å². The molecule has 1 amide bonds. The van der Waals surface area contributed by atoms with Gasteiger partial charge in [0.25, 0.3) is 5.91 Å². The van der Waals surface area contributed by atoms with Gasteiger partial charge in [0.2, 0.25) is 0 Å². The lowest BCUT2D eigenvalue weighted by Gasteiger charge is -2.10. The van der Waals surface area contributed by atoms with Crippen LogP contribution in [0.2, 0.25) is 0 Å². The summed E-state index contributed by atoms with van der Waals surface area (Å²) in [5.74, 6) is 0.779. The van der Waals surface area contributed by atoms with Crippen molar-refractivity contribution in [3.05, 3.63) is 112 Å². The number of aryl methyl sites for hydroxylation is 1. The first-order valence-corrected chi connectivity index (χ1v) is 12.4. The van der Waals surface area contributed by atoms with Crippen LogP contribution in [-0.2, 0) is 19.6 Å². The van der Waals surface area contributed by atoms with E-state index in [0.29, 0.717) is 25.2 Å². The van der Waals surface area contributed by atoms with Crippen LogP contribution in [-0.4, -0.2) is 15.3 Å². The van der Waals surface area contributed by atoms with Crippen LogP contribution in [0.5, 0.6) is 0 Å². The maximum absolute atomic E-state index is 12.9. The van der Waals surface area contributed by atoms with Gasteiger partial charge in [-0.05, 0) is 52.8 Å². The molecule has 0 spiro atoms. The molecule has 0 unspecified atom stereocenters. The molecule has 5 aromatic rings. The summed E-state index contributed by atoms with van der Waals surface area (Å²) >= 11 is 1.67. The highest BCUT2D eigenvalue weighted by atomic mass is 32.1. The second-order valence-corrected chi connectivity index (χ2v) is 9.35. The number of hydrogen-bond donors (Lipinski definition) is 3. The van der Waals surface area contributed by atoms with Gasteiger partial charge < -0.3 is 16.4 Å². The van der Waals surface area contributed by atoms with E-state index in [9.17, 15) is 4.79 Å². The predicted molar refractivity (Wildman–Crippen MR) is 143 cm³/mol. The third kappa shape index (κ3) is 4.96. The molecule has 0 saturated heterocycles. The summed E-state index contributed by atoms with van der Waals surface area (Å²) in [5, 5.41) is 8.65. The highest BCUT2D eigenvalue weighted by Gasteiger charge is 2.18. The number of amides is 1. The Morgan fingerprint density at radius 3 is 2.54 bits per heavy atom. The normalized spacial score (nSPS) is 11.0. The molecule has 4 N–H and O–H groups in total. The number of anilines is 1. The Morgan fingerprint density at radius 1 is 0.971 bits per heavy atom. The molecule has 0 aliphatic carbocycles. The van der Waals surface area contributed by atoms with Crippen LogP contribution >= 0.6 is 11.3 Å². The molecule has 3 aromatic heterocycles. The number of pyridine rings is 1. The van der Waals surface area contributed by atoms with Crippen molar-refractivity contribution in [2.45, 2.75) is 26.6 Å². The number of fused-ring (bicyclic) bond motifs is 1. The van der Waals surface area contributed by atoms with E-state index in [0.717, 1.165) is 33.2 Å². The standard InChI is InChI=1S/C28H27N5OS/c1-19-11-13-35-26(19)25-27(30-17-20-6-3-2-4-7-20)33-12-10-23(15-24(33)32-25)28(34)31-18-22-9-5-8-21(14-22)16-29/h2-15,30H,16-18,29H2,1H3,(H,31,34). The molecule has 0 atom stereocenters. The first kappa shape index (κ1) is 22.8. The minimum absolute atomic E-state index is 0.138. The third-order valence-electron chi connectivity index (χ3n) is 5.95. The fraction of sp³-hybridized carbons (Fsp3) is 0.143. The minimum atomic E-state index is -0.138. The monoisotopic (exact) mass is 481 g/mol. The van der Waals surface area contributed by atoms with E-state index >= 15 is 0 Å². The Balaban J connectivity index is 1.43. The zero-order valence-corrected chi connectivity index (χ0v) is 20.3. The van der Waals surface area contributed by atoms with Crippen molar-refractivity contribution in [2.75, 3.05) is 5.32 Å². The molecule has 0 fully saturated rings. The maximum Gasteiger partial charge on any atom is 0.251 e. The van der Waals surface area contributed by atoms with Gasteiger partial charge in [0.05, 0.1) is 4.88 Å². The molecule has 5 rings (SSSR count). The lowest BCUT2D eigenvalue weighted by Crippen LogP contribution is -2.23. The molecule has 7 heteroatoms.